The van der Waals surface area contributed by atoms with Crippen LogP contribution in [0.3, 0.4) is 0 Å². The molecular formula is C29H33. The molecule has 0 unspecified atom stereocenters. The molecule has 0 aromatic carbocycles. The molecule has 1 aliphatic carbocycles. The highest BCUT2D eigenvalue weighted by Crippen LogP contribution is 2.04. The van der Waals surface area contributed by atoms with E-state index < -0.39 is 0 Å². The molecule has 0 nitrogen and oxygen atoms in total. The average Bonchev–Trinajstić information content (AvgIpc) is 2.73. The van der Waals surface area contributed by atoms with Gasteiger partial charge in [-0.2, -0.15) is 0 Å². The third-order valence-corrected chi connectivity index (χ3v) is 3.76. The lowest BCUT2D eigenvalue weighted by Crippen LogP contribution is -1.74. The van der Waals surface area contributed by atoms with Crippen LogP contribution in [0.2, 0.25) is 0 Å². The Labute approximate surface area is 178 Å². The van der Waals surface area contributed by atoms with Crippen LogP contribution in [0.25, 0.3) is 0 Å². The number of hydrogen-bond donors (Lipinski definition) is 0. The second-order valence-electron chi connectivity index (χ2n) is 6.25. The van der Waals surface area contributed by atoms with Crippen LogP contribution in [-0.4, -0.2) is 0 Å². The van der Waals surface area contributed by atoms with Gasteiger partial charge >= 0.3 is 0 Å². The van der Waals surface area contributed by atoms with Crippen molar-refractivity contribution in [1.82, 2.24) is 0 Å². The van der Waals surface area contributed by atoms with Gasteiger partial charge in [0.2, 0.25) is 0 Å². The Bertz CT molecular complexity index is 671. The maximum atomic E-state index is 3.33. The third-order valence-electron chi connectivity index (χ3n) is 3.76. The van der Waals surface area contributed by atoms with E-state index in [0.717, 1.165) is 12.8 Å². The molecule has 1 aliphatic rings. The highest BCUT2D eigenvalue weighted by Gasteiger charge is 1.85. The van der Waals surface area contributed by atoms with Crippen molar-refractivity contribution < 1.29 is 0 Å². The van der Waals surface area contributed by atoms with E-state index in [1.807, 2.05) is 115 Å². The minimum atomic E-state index is 1.03. The van der Waals surface area contributed by atoms with Crippen LogP contribution < -0.4 is 0 Å². The molecule has 0 aromatic rings. The third kappa shape index (κ3) is 19.4. The van der Waals surface area contributed by atoms with E-state index in [2.05, 4.69) is 30.4 Å². The van der Waals surface area contributed by atoms with Gasteiger partial charge in [0.25, 0.3) is 0 Å². The Morgan fingerprint density at radius 3 is 1.17 bits per heavy atom. The van der Waals surface area contributed by atoms with Crippen LogP contribution in [0.1, 0.15) is 32.1 Å². The summed E-state index contributed by atoms with van der Waals surface area (Å²) in [6.07, 6.45) is 56.0. The predicted molar refractivity (Wildman–Crippen MR) is 131 cm³/mol. The van der Waals surface area contributed by atoms with E-state index in [1.54, 1.807) is 0 Å². The van der Waals surface area contributed by atoms with Gasteiger partial charge in [0, 0.05) is 0 Å². The van der Waals surface area contributed by atoms with E-state index in [9.17, 15) is 0 Å². The molecule has 0 N–H and O–H groups in total. The Kier molecular flexibility index (Phi) is 17.5. The van der Waals surface area contributed by atoms with Crippen molar-refractivity contribution in [3.63, 3.8) is 0 Å². The van der Waals surface area contributed by atoms with Gasteiger partial charge in [-0.05, 0) is 31.8 Å². The monoisotopic (exact) mass is 381 g/mol. The molecule has 1 rings (SSSR count). The Hall–Kier alpha value is -3.12. The van der Waals surface area contributed by atoms with Crippen molar-refractivity contribution in [3.8, 4) is 0 Å². The summed E-state index contributed by atoms with van der Waals surface area (Å²) in [6, 6.07) is 0. The summed E-state index contributed by atoms with van der Waals surface area (Å²) in [4.78, 5) is 0. The second kappa shape index (κ2) is 21.2. The van der Waals surface area contributed by atoms with Crippen LogP contribution in [-0.2, 0) is 0 Å². The molecule has 0 fully saturated rings. The first-order valence-electron chi connectivity index (χ1n) is 10.4. The molecule has 0 aromatic heterocycles. The highest BCUT2D eigenvalue weighted by atomic mass is 13.9. The fourth-order valence-electron chi connectivity index (χ4n) is 2.27. The molecule has 0 amide bonds. The van der Waals surface area contributed by atoms with Crippen LogP contribution in [0, 0.1) is 6.08 Å². The zero-order valence-corrected chi connectivity index (χ0v) is 17.3. The van der Waals surface area contributed by atoms with Gasteiger partial charge in [-0.1, -0.05) is 146 Å². The summed E-state index contributed by atoms with van der Waals surface area (Å²) in [5.74, 6) is 0. The summed E-state index contributed by atoms with van der Waals surface area (Å²) < 4.78 is 0. The van der Waals surface area contributed by atoms with Crippen LogP contribution >= 0.6 is 0 Å². The first-order chi connectivity index (χ1) is 14.5. The van der Waals surface area contributed by atoms with Gasteiger partial charge < -0.3 is 0 Å². The number of hydrogen-bond acceptors (Lipinski definition) is 0. The summed E-state index contributed by atoms with van der Waals surface area (Å²) in [7, 11) is 0. The normalized spacial score (nSPS) is 30.6. The molecule has 0 heteroatoms. The molecule has 0 heterocycles. The standard InChI is InChI=1S/C29H33/c1-2-4-6-8-10-12-14-16-18-20-22-24-26-28-29-27-25-23-21-19-17-15-13-11-9-7-5-3-1/h1-23H,24,26-29H2/b2-1+,5-3+,6-4+,9-7-,10-8+,13-11+,14-12+,17-15-,18-16-,21-19-,22-20+,25-23?. The SMILES string of the molecule is [C]1=C/C=C\C=C/C=C/C=C\C=C\C=C\C=C\C=C\C=C\C=C/C=C/CCCCC/1. The summed E-state index contributed by atoms with van der Waals surface area (Å²) in [5.41, 5.74) is 0. The van der Waals surface area contributed by atoms with Crippen LogP contribution in [0.4, 0.5) is 0 Å². The van der Waals surface area contributed by atoms with Crippen molar-refractivity contribution >= 4 is 0 Å². The van der Waals surface area contributed by atoms with Crippen LogP contribution in [0.5, 0.6) is 0 Å². The van der Waals surface area contributed by atoms with E-state index >= 15 is 0 Å². The molecule has 0 atom stereocenters. The zero-order chi connectivity index (χ0) is 20.5. The summed E-state index contributed by atoms with van der Waals surface area (Å²) in [6.45, 7) is 0. The fraction of sp³-hybridized carbons (Fsp3) is 0.172. The Morgan fingerprint density at radius 1 is 0.345 bits per heavy atom. The molecule has 0 saturated carbocycles. The Balaban J connectivity index is 2.53. The van der Waals surface area contributed by atoms with Crippen LogP contribution in [0.15, 0.2) is 140 Å². The van der Waals surface area contributed by atoms with E-state index in [1.165, 1.54) is 19.3 Å². The Morgan fingerprint density at radius 2 is 0.724 bits per heavy atom. The largest absolute Gasteiger partial charge is 0.0845 e. The lowest BCUT2D eigenvalue weighted by Gasteiger charge is -1.93. The molecule has 149 valence electrons. The lowest BCUT2D eigenvalue weighted by atomic mass is 10.1. The van der Waals surface area contributed by atoms with Gasteiger partial charge in [-0.3, -0.25) is 0 Å². The smallest absolute Gasteiger partial charge is 0.0276 e. The summed E-state index contributed by atoms with van der Waals surface area (Å²) in [5, 5.41) is 0. The predicted octanol–water partition coefficient (Wildman–Crippen LogP) is 8.43. The quantitative estimate of drug-likeness (QED) is 0.395. The van der Waals surface area contributed by atoms with Gasteiger partial charge in [-0.25, -0.2) is 0 Å². The van der Waals surface area contributed by atoms with Crippen molar-refractivity contribution in [3.05, 3.63) is 146 Å². The molecule has 1 radical (unpaired) electrons. The van der Waals surface area contributed by atoms with E-state index in [4.69, 9.17) is 0 Å². The molecule has 29 heavy (non-hydrogen) atoms. The first-order valence-corrected chi connectivity index (χ1v) is 10.4. The first kappa shape index (κ1) is 23.9. The zero-order valence-electron chi connectivity index (χ0n) is 17.3. The average molecular weight is 382 g/mol. The highest BCUT2D eigenvalue weighted by molar-refractivity contribution is 5.23. The lowest BCUT2D eigenvalue weighted by molar-refractivity contribution is 0.691. The number of rotatable bonds is 0. The minimum Gasteiger partial charge on any atom is -0.0845 e. The van der Waals surface area contributed by atoms with E-state index in [0.29, 0.717) is 0 Å². The fourth-order valence-corrected chi connectivity index (χ4v) is 2.27. The molecule has 0 bridgehead atoms. The van der Waals surface area contributed by atoms with Gasteiger partial charge in [0.1, 0.15) is 0 Å². The number of allylic oxidation sites excluding steroid dienone is 24. The van der Waals surface area contributed by atoms with Crippen molar-refractivity contribution in [2.24, 2.45) is 0 Å². The van der Waals surface area contributed by atoms with Crippen molar-refractivity contribution in [2.45, 2.75) is 32.1 Å². The molecule has 0 aliphatic heterocycles. The van der Waals surface area contributed by atoms with Gasteiger partial charge in [0.05, 0.1) is 0 Å². The van der Waals surface area contributed by atoms with Gasteiger partial charge in [-0.15, -0.1) is 0 Å². The summed E-state index contributed by atoms with van der Waals surface area (Å²) >= 11 is 0. The second-order valence-corrected chi connectivity index (χ2v) is 6.25. The topological polar surface area (TPSA) is 0 Å². The minimum absolute atomic E-state index is 1.03. The maximum absolute atomic E-state index is 3.33. The molecule has 0 spiro atoms. The maximum Gasteiger partial charge on any atom is -0.0276 e. The molecular weight excluding hydrogens is 348 g/mol. The van der Waals surface area contributed by atoms with Crippen molar-refractivity contribution in [1.29, 1.82) is 0 Å². The van der Waals surface area contributed by atoms with E-state index in [-0.39, 0.29) is 0 Å². The van der Waals surface area contributed by atoms with Gasteiger partial charge in [0.15, 0.2) is 0 Å². The molecule has 0 saturated heterocycles. The van der Waals surface area contributed by atoms with Crippen molar-refractivity contribution in [2.75, 3.05) is 0 Å².